The Morgan fingerprint density at radius 1 is 1.45 bits per heavy atom. The van der Waals surface area contributed by atoms with E-state index in [-0.39, 0.29) is 23.2 Å². The van der Waals surface area contributed by atoms with E-state index in [0.717, 1.165) is 12.8 Å². The van der Waals surface area contributed by atoms with Crippen molar-refractivity contribution in [2.45, 2.75) is 30.7 Å². The van der Waals surface area contributed by atoms with Gasteiger partial charge in [0, 0.05) is 18.8 Å². The van der Waals surface area contributed by atoms with E-state index in [0.29, 0.717) is 13.2 Å². The van der Waals surface area contributed by atoms with E-state index in [4.69, 9.17) is 14.6 Å². The number of ether oxygens (including phenoxy) is 2. The first-order valence-electron chi connectivity index (χ1n) is 6.43. The van der Waals surface area contributed by atoms with Crippen LogP contribution >= 0.6 is 0 Å². The molecule has 1 aromatic heterocycles. The smallest absolute Gasteiger partial charge is 0.355 e. The van der Waals surface area contributed by atoms with Gasteiger partial charge in [-0.3, -0.25) is 0 Å². The highest BCUT2D eigenvalue weighted by Crippen LogP contribution is 2.37. The highest BCUT2D eigenvalue weighted by atomic mass is 32.2. The maximum Gasteiger partial charge on any atom is 0.355 e. The number of carbonyl (C=O) groups excluding carboxylic acids is 1. The van der Waals surface area contributed by atoms with Gasteiger partial charge in [-0.25, -0.2) is 18.4 Å². The number of hydrogen-bond acceptors (Lipinski definition) is 5. The molecule has 0 unspecified atom stereocenters. The molecular formula is C12H18N2O5S. The molecule has 0 spiro atoms. The Kier molecular flexibility index (Phi) is 4.46. The molecule has 8 heteroatoms. The van der Waals surface area contributed by atoms with Gasteiger partial charge in [-0.1, -0.05) is 0 Å². The summed E-state index contributed by atoms with van der Waals surface area (Å²) in [6.07, 6.45) is 3.22. The van der Waals surface area contributed by atoms with Crippen LogP contribution in [-0.4, -0.2) is 38.8 Å². The highest BCUT2D eigenvalue weighted by molar-refractivity contribution is 7.89. The van der Waals surface area contributed by atoms with Crippen molar-refractivity contribution in [1.29, 1.82) is 0 Å². The summed E-state index contributed by atoms with van der Waals surface area (Å²) in [5, 5.41) is 5.09. The predicted octanol–water partition coefficient (Wildman–Crippen LogP) is 0.664. The molecule has 0 saturated heterocycles. The van der Waals surface area contributed by atoms with Gasteiger partial charge in [-0.15, -0.1) is 0 Å². The van der Waals surface area contributed by atoms with Gasteiger partial charge in [0.05, 0.1) is 6.61 Å². The van der Waals surface area contributed by atoms with Crippen molar-refractivity contribution in [1.82, 2.24) is 4.57 Å². The fourth-order valence-electron chi connectivity index (χ4n) is 1.84. The van der Waals surface area contributed by atoms with Crippen molar-refractivity contribution in [3.63, 3.8) is 0 Å². The van der Waals surface area contributed by atoms with Crippen LogP contribution in [0, 0.1) is 0 Å². The molecular weight excluding hydrogens is 284 g/mol. The summed E-state index contributed by atoms with van der Waals surface area (Å²) in [4.78, 5) is 11.9. The SMILES string of the molecule is CCOCCOC(=O)c1cc(S(N)(=O)=O)cn1C1CC1. The lowest BCUT2D eigenvalue weighted by Gasteiger charge is -2.07. The van der Waals surface area contributed by atoms with E-state index in [9.17, 15) is 13.2 Å². The third kappa shape index (κ3) is 3.59. The van der Waals surface area contributed by atoms with E-state index < -0.39 is 16.0 Å². The summed E-state index contributed by atoms with van der Waals surface area (Å²) in [5.41, 5.74) is 0.216. The average molecular weight is 302 g/mol. The summed E-state index contributed by atoms with van der Waals surface area (Å²) in [5.74, 6) is -0.563. The van der Waals surface area contributed by atoms with Crippen LogP contribution in [0.1, 0.15) is 36.3 Å². The second-order valence-electron chi connectivity index (χ2n) is 4.58. The van der Waals surface area contributed by atoms with E-state index >= 15 is 0 Å². The molecule has 1 aliphatic rings. The van der Waals surface area contributed by atoms with E-state index in [1.807, 2.05) is 6.92 Å². The first-order chi connectivity index (χ1) is 9.43. The van der Waals surface area contributed by atoms with Gasteiger partial charge < -0.3 is 14.0 Å². The summed E-state index contributed by atoms with van der Waals surface area (Å²) in [7, 11) is -3.83. The zero-order valence-electron chi connectivity index (χ0n) is 11.2. The number of primary sulfonamides is 1. The summed E-state index contributed by atoms with van der Waals surface area (Å²) >= 11 is 0. The maximum absolute atomic E-state index is 12.0. The van der Waals surface area contributed by atoms with Crippen molar-refractivity contribution in [3.8, 4) is 0 Å². The molecule has 112 valence electrons. The number of rotatable bonds is 7. The van der Waals surface area contributed by atoms with E-state index in [2.05, 4.69) is 0 Å². The van der Waals surface area contributed by atoms with Crippen molar-refractivity contribution >= 4 is 16.0 Å². The minimum atomic E-state index is -3.83. The molecule has 2 rings (SSSR count). The third-order valence-electron chi connectivity index (χ3n) is 2.97. The molecule has 0 amide bonds. The topological polar surface area (TPSA) is 101 Å². The number of esters is 1. The monoisotopic (exact) mass is 302 g/mol. The van der Waals surface area contributed by atoms with Gasteiger partial charge in [0.15, 0.2) is 0 Å². The van der Waals surface area contributed by atoms with Gasteiger partial charge >= 0.3 is 5.97 Å². The van der Waals surface area contributed by atoms with Crippen molar-refractivity contribution in [2.75, 3.05) is 19.8 Å². The molecule has 2 N–H and O–H groups in total. The van der Waals surface area contributed by atoms with Crippen LogP contribution in [-0.2, 0) is 19.5 Å². The summed E-state index contributed by atoms with van der Waals surface area (Å²) in [6, 6.07) is 1.41. The van der Waals surface area contributed by atoms with Crippen LogP contribution in [0.3, 0.4) is 0 Å². The lowest BCUT2D eigenvalue weighted by atomic mass is 10.4. The minimum absolute atomic E-state index is 0.0684. The van der Waals surface area contributed by atoms with Gasteiger partial charge in [-0.2, -0.15) is 0 Å². The molecule has 0 bridgehead atoms. The molecule has 20 heavy (non-hydrogen) atoms. The Morgan fingerprint density at radius 3 is 2.70 bits per heavy atom. The first kappa shape index (κ1) is 15.0. The van der Waals surface area contributed by atoms with E-state index in [1.54, 1.807) is 4.57 Å². The maximum atomic E-state index is 12.0. The normalized spacial score (nSPS) is 15.3. The second-order valence-corrected chi connectivity index (χ2v) is 6.14. The van der Waals surface area contributed by atoms with Crippen LogP contribution in [0.2, 0.25) is 0 Å². The van der Waals surface area contributed by atoms with Gasteiger partial charge in [0.2, 0.25) is 10.0 Å². The van der Waals surface area contributed by atoms with Crippen molar-refractivity contribution in [3.05, 3.63) is 18.0 Å². The quantitative estimate of drug-likeness (QED) is 0.589. The Hall–Kier alpha value is -1.38. The van der Waals surface area contributed by atoms with Gasteiger partial charge in [0.1, 0.15) is 17.2 Å². The second kappa shape index (κ2) is 5.94. The number of carbonyl (C=O) groups is 1. The van der Waals surface area contributed by atoms with Crippen LogP contribution in [0.5, 0.6) is 0 Å². The fraction of sp³-hybridized carbons (Fsp3) is 0.583. The van der Waals surface area contributed by atoms with Crippen LogP contribution in [0.25, 0.3) is 0 Å². The molecule has 1 heterocycles. The number of aromatic nitrogens is 1. The van der Waals surface area contributed by atoms with Crippen LogP contribution in [0.4, 0.5) is 0 Å². The lowest BCUT2D eigenvalue weighted by Crippen LogP contribution is -2.14. The molecule has 0 radical (unpaired) electrons. The third-order valence-corrected chi connectivity index (χ3v) is 3.85. The average Bonchev–Trinajstić information content (AvgIpc) is 3.11. The minimum Gasteiger partial charge on any atom is -0.459 e. The molecule has 0 aromatic carbocycles. The Morgan fingerprint density at radius 2 is 2.15 bits per heavy atom. The van der Waals surface area contributed by atoms with E-state index in [1.165, 1.54) is 12.3 Å². The number of hydrogen-bond donors (Lipinski definition) is 1. The first-order valence-corrected chi connectivity index (χ1v) is 7.97. The Bertz CT molecular complexity index is 589. The molecule has 1 aromatic rings. The molecule has 0 atom stereocenters. The predicted molar refractivity (Wildman–Crippen MR) is 70.9 cm³/mol. The summed E-state index contributed by atoms with van der Waals surface area (Å²) < 4.78 is 34.5. The molecule has 0 aliphatic heterocycles. The molecule has 1 saturated carbocycles. The fourth-order valence-corrected chi connectivity index (χ4v) is 2.38. The van der Waals surface area contributed by atoms with Gasteiger partial charge in [-0.05, 0) is 25.8 Å². The number of nitrogens with two attached hydrogens (primary N) is 1. The number of nitrogens with zero attached hydrogens (tertiary/aromatic N) is 1. The molecule has 7 nitrogen and oxygen atoms in total. The zero-order valence-corrected chi connectivity index (χ0v) is 12.1. The standard InChI is InChI=1S/C12H18N2O5S/c1-2-18-5-6-19-12(15)11-7-10(20(13,16)17)8-14(11)9-3-4-9/h7-9H,2-6H2,1H3,(H2,13,16,17). The lowest BCUT2D eigenvalue weighted by molar-refractivity contribution is 0.0324. The zero-order chi connectivity index (χ0) is 14.8. The highest BCUT2D eigenvalue weighted by Gasteiger charge is 2.30. The van der Waals surface area contributed by atoms with Crippen LogP contribution < -0.4 is 5.14 Å². The summed E-state index contributed by atoms with van der Waals surface area (Å²) in [6.45, 7) is 2.84. The Balaban J connectivity index is 2.13. The van der Waals surface area contributed by atoms with Crippen molar-refractivity contribution < 1.29 is 22.7 Å². The van der Waals surface area contributed by atoms with Crippen molar-refractivity contribution in [2.24, 2.45) is 5.14 Å². The Labute approximate surface area is 117 Å². The largest absolute Gasteiger partial charge is 0.459 e. The molecule has 1 fully saturated rings. The number of sulfonamides is 1. The van der Waals surface area contributed by atoms with Gasteiger partial charge in [0.25, 0.3) is 0 Å². The van der Waals surface area contributed by atoms with Crippen LogP contribution in [0.15, 0.2) is 17.2 Å². The molecule has 1 aliphatic carbocycles.